The predicted octanol–water partition coefficient (Wildman–Crippen LogP) is 2.79. The molecule has 1 heterocycles. The van der Waals surface area contributed by atoms with Crippen molar-refractivity contribution in [2.24, 2.45) is 0 Å². The Hall–Kier alpha value is -2.15. The molecule has 6 nitrogen and oxygen atoms in total. The molecule has 0 fully saturated rings. The number of hydrogen-bond donors (Lipinski definition) is 3. The number of thiazole rings is 1. The minimum Gasteiger partial charge on any atom is -0.338 e. The van der Waals surface area contributed by atoms with Gasteiger partial charge in [0, 0.05) is 19.2 Å². The van der Waals surface area contributed by atoms with Gasteiger partial charge in [0.25, 0.3) is 0 Å². The molecule has 1 aromatic heterocycles. The monoisotopic (exact) mass is 292 g/mol. The molecule has 1 aromatic carbocycles. The lowest BCUT2D eigenvalue weighted by atomic mass is 10.3. The maximum absolute atomic E-state index is 11.6. The van der Waals surface area contributed by atoms with E-state index in [1.165, 1.54) is 18.3 Å². The van der Waals surface area contributed by atoms with Gasteiger partial charge in [-0.05, 0) is 24.6 Å². The van der Waals surface area contributed by atoms with E-state index in [2.05, 4.69) is 20.9 Å². The molecule has 3 amide bonds. The Morgan fingerprint density at radius 3 is 2.80 bits per heavy atom. The Bertz CT molecular complexity index is 638. The third kappa shape index (κ3) is 3.67. The van der Waals surface area contributed by atoms with Gasteiger partial charge in [0.05, 0.1) is 10.2 Å². The molecule has 0 spiro atoms. The highest BCUT2D eigenvalue weighted by atomic mass is 32.1. The summed E-state index contributed by atoms with van der Waals surface area (Å²) in [5.41, 5.74) is 1.41. The van der Waals surface area contributed by atoms with Gasteiger partial charge in [-0.2, -0.15) is 0 Å². The van der Waals surface area contributed by atoms with Crippen LogP contribution in [0.5, 0.6) is 0 Å². The average Bonchev–Trinajstić information content (AvgIpc) is 2.76. The number of benzene rings is 1. The molecule has 106 valence electrons. The fraction of sp³-hybridized carbons (Fsp3) is 0.308. The van der Waals surface area contributed by atoms with E-state index in [1.807, 2.05) is 19.1 Å². The molecule has 0 aliphatic heterocycles. The lowest BCUT2D eigenvalue weighted by molar-refractivity contribution is -0.114. The summed E-state index contributed by atoms with van der Waals surface area (Å²) in [6.07, 6.45) is 0.888. The Morgan fingerprint density at radius 1 is 1.30 bits per heavy atom. The van der Waals surface area contributed by atoms with Crippen LogP contribution in [0, 0.1) is 0 Å². The summed E-state index contributed by atoms with van der Waals surface area (Å²) < 4.78 is 0.952. The molecule has 2 rings (SSSR count). The normalized spacial score (nSPS) is 10.3. The number of rotatable bonds is 4. The Balaban J connectivity index is 2.12. The Labute approximate surface area is 120 Å². The SMILES string of the molecule is CCCNC(=O)Nc1ccc2sc(NC(C)=O)nc2c1. The van der Waals surface area contributed by atoms with Crippen molar-refractivity contribution in [2.45, 2.75) is 20.3 Å². The van der Waals surface area contributed by atoms with Crippen LogP contribution in [-0.4, -0.2) is 23.5 Å². The maximum atomic E-state index is 11.6. The standard InChI is InChI=1S/C13H16N4O2S/c1-3-6-14-12(19)16-9-4-5-11-10(7-9)17-13(20-11)15-8(2)18/h4-5,7H,3,6H2,1-2H3,(H2,14,16,19)(H,15,17,18). The van der Waals surface area contributed by atoms with Crippen LogP contribution in [0.3, 0.4) is 0 Å². The zero-order valence-electron chi connectivity index (χ0n) is 11.3. The molecule has 0 unspecified atom stereocenters. The van der Waals surface area contributed by atoms with Crippen LogP contribution >= 0.6 is 11.3 Å². The predicted molar refractivity (Wildman–Crippen MR) is 81.2 cm³/mol. The molecule has 0 saturated carbocycles. The van der Waals surface area contributed by atoms with Crippen LogP contribution in [0.1, 0.15) is 20.3 Å². The topological polar surface area (TPSA) is 83.1 Å². The van der Waals surface area contributed by atoms with E-state index in [0.29, 0.717) is 17.4 Å². The van der Waals surface area contributed by atoms with Crippen molar-refractivity contribution in [3.05, 3.63) is 18.2 Å². The number of hydrogen-bond acceptors (Lipinski definition) is 4. The van der Waals surface area contributed by atoms with E-state index >= 15 is 0 Å². The van der Waals surface area contributed by atoms with E-state index in [1.54, 1.807) is 6.07 Å². The third-order valence-electron chi connectivity index (χ3n) is 2.46. The first-order valence-electron chi connectivity index (χ1n) is 6.31. The van der Waals surface area contributed by atoms with E-state index < -0.39 is 0 Å². The van der Waals surface area contributed by atoms with Crippen LogP contribution in [0.4, 0.5) is 15.6 Å². The molecule has 20 heavy (non-hydrogen) atoms. The summed E-state index contributed by atoms with van der Waals surface area (Å²) in [5, 5.41) is 8.69. The van der Waals surface area contributed by atoms with Gasteiger partial charge in [-0.15, -0.1) is 0 Å². The van der Waals surface area contributed by atoms with Gasteiger partial charge in [0.1, 0.15) is 0 Å². The van der Waals surface area contributed by atoms with Gasteiger partial charge in [-0.25, -0.2) is 9.78 Å². The Kier molecular flexibility index (Phi) is 4.52. The highest BCUT2D eigenvalue weighted by Crippen LogP contribution is 2.28. The lowest BCUT2D eigenvalue weighted by Gasteiger charge is -2.06. The van der Waals surface area contributed by atoms with Gasteiger partial charge >= 0.3 is 6.03 Å². The second kappa shape index (κ2) is 6.33. The number of amides is 3. The van der Waals surface area contributed by atoms with Crippen molar-refractivity contribution < 1.29 is 9.59 Å². The van der Waals surface area contributed by atoms with E-state index in [-0.39, 0.29) is 11.9 Å². The fourth-order valence-electron chi connectivity index (χ4n) is 1.62. The fourth-order valence-corrected chi connectivity index (χ4v) is 2.52. The first kappa shape index (κ1) is 14.3. The molecular weight excluding hydrogens is 276 g/mol. The summed E-state index contributed by atoms with van der Waals surface area (Å²) in [5.74, 6) is -0.152. The van der Waals surface area contributed by atoms with Crippen LogP contribution < -0.4 is 16.0 Å². The number of anilines is 2. The summed E-state index contributed by atoms with van der Waals surface area (Å²) in [6, 6.07) is 5.23. The van der Waals surface area contributed by atoms with Crippen molar-refractivity contribution in [3.63, 3.8) is 0 Å². The molecule has 0 radical (unpaired) electrons. The summed E-state index contributed by atoms with van der Waals surface area (Å²) in [7, 11) is 0. The molecular formula is C13H16N4O2S. The van der Waals surface area contributed by atoms with Crippen LogP contribution in [-0.2, 0) is 4.79 Å². The zero-order chi connectivity index (χ0) is 14.5. The molecule has 0 bridgehead atoms. The molecule has 0 atom stereocenters. The highest BCUT2D eigenvalue weighted by Gasteiger charge is 2.07. The van der Waals surface area contributed by atoms with E-state index in [4.69, 9.17) is 0 Å². The first-order valence-corrected chi connectivity index (χ1v) is 7.13. The van der Waals surface area contributed by atoms with E-state index in [9.17, 15) is 9.59 Å². The van der Waals surface area contributed by atoms with Gasteiger partial charge < -0.3 is 16.0 Å². The smallest absolute Gasteiger partial charge is 0.319 e. The maximum Gasteiger partial charge on any atom is 0.319 e. The minimum absolute atomic E-state index is 0.152. The van der Waals surface area contributed by atoms with Gasteiger partial charge in [-0.3, -0.25) is 4.79 Å². The van der Waals surface area contributed by atoms with Crippen molar-refractivity contribution in [2.75, 3.05) is 17.2 Å². The first-order chi connectivity index (χ1) is 9.58. The number of fused-ring (bicyclic) bond motifs is 1. The third-order valence-corrected chi connectivity index (χ3v) is 3.42. The highest BCUT2D eigenvalue weighted by molar-refractivity contribution is 7.22. The van der Waals surface area contributed by atoms with Crippen molar-refractivity contribution in [1.29, 1.82) is 0 Å². The average molecular weight is 292 g/mol. The van der Waals surface area contributed by atoms with Gasteiger partial charge in [-0.1, -0.05) is 18.3 Å². The van der Waals surface area contributed by atoms with E-state index in [0.717, 1.165) is 16.6 Å². The summed E-state index contributed by atoms with van der Waals surface area (Å²) in [4.78, 5) is 26.9. The van der Waals surface area contributed by atoms with Crippen LogP contribution in [0.25, 0.3) is 10.2 Å². The zero-order valence-corrected chi connectivity index (χ0v) is 12.1. The molecule has 2 aromatic rings. The second-order valence-corrected chi connectivity index (χ2v) is 5.29. The molecule has 3 N–H and O–H groups in total. The summed E-state index contributed by atoms with van der Waals surface area (Å²) in [6.45, 7) is 4.07. The van der Waals surface area contributed by atoms with Crippen LogP contribution in [0.15, 0.2) is 18.2 Å². The molecule has 0 aliphatic rings. The number of aromatic nitrogens is 1. The van der Waals surface area contributed by atoms with Gasteiger partial charge in [0.2, 0.25) is 5.91 Å². The number of nitrogens with one attached hydrogen (secondary N) is 3. The number of urea groups is 1. The quantitative estimate of drug-likeness (QED) is 0.810. The number of carbonyl (C=O) groups excluding carboxylic acids is 2. The number of carbonyl (C=O) groups is 2. The number of nitrogens with zero attached hydrogens (tertiary/aromatic N) is 1. The van der Waals surface area contributed by atoms with Crippen molar-refractivity contribution in [3.8, 4) is 0 Å². The van der Waals surface area contributed by atoms with Crippen molar-refractivity contribution >= 4 is 44.3 Å². The van der Waals surface area contributed by atoms with Crippen molar-refractivity contribution in [1.82, 2.24) is 10.3 Å². The largest absolute Gasteiger partial charge is 0.338 e. The molecule has 7 heteroatoms. The van der Waals surface area contributed by atoms with Gasteiger partial charge in [0.15, 0.2) is 5.13 Å². The minimum atomic E-state index is -0.233. The molecule has 0 saturated heterocycles. The Morgan fingerprint density at radius 2 is 2.10 bits per heavy atom. The second-order valence-electron chi connectivity index (χ2n) is 4.26. The van der Waals surface area contributed by atoms with Crippen LogP contribution in [0.2, 0.25) is 0 Å². The summed E-state index contributed by atoms with van der Waals surface area (Å²) >= 11 is 1.40. The lowest BCUT2D eigenvalue weighted by Crippen LogP contribution is -2.29. The molecule has 0 aliphatic carbocycles.